The Bertz CT molecular complexity index is 937. The zero-order valence-corrected chi connectivity index (χ0v) is 17.2. The van der Waals surface area contributed by atoms with E-state index in [0.717, 1.165) is 57.7 Å². The summed E-state index contributed by atoms with van der Waals surface area (Å²) >= 11 is 0. The molecule has 1 aliphatic rings. The number of fused-ring (bicyclic) bond motifs is 1. The van der Waals surface area contributed by atoms with Gasteiger partial charge in [-0.2, -0.15) is 10.2 Å². The second-order valence-electron chi connectivity index (χ2n) is 7.71. The van der Waals surface area contributed by atoms with Gasteiger partial charge in [-0.05, 0) is 37.9 Å². The van der Waals surface area contributed by atoms with Gasteiger partial charge in [-0.15, -0.1) is 0 Å². The third-order valence-corrected chi connectivity index (χ3v) is 5.85. The van der Waals surface area contributed by atoms with Gasteiger partial charge in [0.2, 0.25) is 0 Å². The average molecular weight is 396 g/mol. The van der Waals surface area contributed by atoms with Gasteiger partial charge in [0.25, 0.3) is 5.91 Å². The van der Waals surface area contributed by atoms with Crippen molar-refractivity contribution in [1.29, 1.82) is 0 Å². The Morgan fingerprint density at radius 1 is 1.17 bits per heavy atom. The quantitative estimate of drug-likeness (QED) is 0.614. The molecular formula is C21H29N7O. The summed E-state index contributed by atoms with van der Waals surface area (Å²) in [7, 11) is 0. The van der Waals surface area contributed by atoms with Crippen molar-refractivity contribution in [2.75, 3.05) is 26.2 Å². The molecule has 3 aromatic rings. The minimum Gasteiger partial charge on any atom is -0.338 e. The van der Waals surface area contributed by atoms with Crippen LogP contribution in [-0.2, 0) is 13.1 Å². The largest absolute Gasteiger partial charge is 0.338 e. The van der Waals surface area contributed by atoms with Gasteiger partial charge < -0.3 is 4.90 Å². The molecule has 29 heavy (non-hydrogen) atoms. The van der Waals surface area contributed by atoms with Gasteiger partial charge in [0, 0.05) is 56.5 Å². The molecule has 0 unspecified atom stereocenters. The van der Waals surface area contributed by atoms with Crippen LogP contribution in [-0.4, -0.2) is 66.3 Å². The Morgan fingerprint density at radius 2 is 1.97 bits per heavy atom. The lowest BCUT2D eigenvalue weighted by Gasteiger charge is -2.31. The van der Waals surface area contributed by atoms with Gasteiger partial charge in [0.1, 0.15) is 5.56 Å². The number of nitrogens with zero attached hydrogens (tertiary/aromatic N) is 7. The molecule has 3 aromatic heterocycles. The first-order valence-corrected chi connectivity index (χ1v) is 10.5. The van der Waals surface area contributed by atoms with E-state index in [2.05, 4.69) is 33.9 Å². The molecule has 1 amide bonds. The number of amides is 1. The molecule has 0 bridgehead atoms. The van der Waals surface area contributed by atoms with Crippen molar-refractivity contribution >= 4 is 11.6 Å². The van der Waals surface area contributed by atoms with Gasteiger partial charge in [0.05, 0.1) is 6.20 Å². The summed E-state index contributed by atoms with van der Waals surface area (Å²) in [6.45, 7) is 9.58. The molecule has 0 N–H and O–H groups in total. The predicted molar refractivity (Wildman–Crippen MR) is 110 cm³/mol. The van der Waals surface area contributed by atoms with Gasteiger partial charge in [-0.3, -0.25) is 14.4 Å². The fraction of sp³-hybridized carbons (Fsp3) is 0.524. The maximum Gasteiger partial charge on any atom is 0.259 e. The smallest absolute Gasteiger partial charge is 0.259 e. The number of carbonyl (C=O) groups excluding carboxylic acids is 1. The summed E-state index contributed by atoms with van der Waals surface area (Å²) in [5.41, 5.74) is 2.32. The van der Waals surface area contributed by atoms with Gasteiger partial charge in [0.15, 0.2) is 5.65 Å². The first-order valence-electron chi connectivity index (χ1n) is 10.5. The SMILES string of the molecule is CCN(CC)Cc1cnc2c(C(=O)N3CCC(Cn4cccn4)CC3)cnn2c1. The Kier molecular flexibility index (Phi) is 5.89. The number of hydrogen-bond acceptors (Lipinski definition) is 5. The highest BCUT2D eigenvalue weighted by Gasteiger charge is 2.26. The van der Waals surface area contributed by atoms with Crippen LogP contribution in [0, 0.1) is 5.92 Å². The van der Waals surface area contributed by atoms with Crippen LogP contribution >= 0.6 is 0 Å². The predicted octanol–water partition coefficient (Wildman–Crippen LogP) is 2.32. The van der Waals surface area contributed by atoms with Crippen molar-refractivity contribution in [2.45, 2.75) is 39.8 Å². The molecule has 1 aliphatic heterocycles. The van der Waals surface area contributed by atoms with Crippen LogP contribution in [0.15, 0.2) is 37.1 Å². The second-order valence-corrected chi connectivity index (χ2v) is 7.71. The Hall–Kier alpha value is -2.74. The van der Waals surface area contributed by atoms with Crippen molar-refractivity contribution < 1.29 is 4.79 Å². The van der Waals surface area contributed by atoms with Crippen molar-refractivity contribution in [3.63, 3.8) is 0 Å². The van der Waals surface area contributed by atoms with Crippen molar-refractivity contribution in [1.82, 2.24) is 34.2 Å². The Balaban J connectivity index is 1.41. The minimum absolute atomic E-state index is 0.0292. The van der Waals surface area contributed by atoms with Crippen LogP contribution in [0.3, 0.4) is 0 Å². The van der Waals surface area contributed by atoms with Crippen LogP contribution in [0.4, 0.5) is 0 Å². The molecule has 8 nitrogen and oxygen atoms in total. The highest BCUT2D eigenvalue weighted by molar-refractivity contribution is 5.99. The van der Waals surface area contributed by atoms with E-state index in [1.807, 2.05) is 40.4 Å². The lowest BCUT2D eigenvalue weighted by molar-refractivity contribution is 0.0683. The van der Waals surface area contributed by atoms with Crippen molar-refractivity contribution in [3.05, 3.63) is 48.2 Å². The standard InChI is InChI=1S/C21H29N7O/c1-3-25(4-2)14-18-12-22-20-19(13-24-28(20)16-18)21(29)26-10-6-17(7-11-26)15-27-9-5-8-23-27/h5,8-9,12-13,16-17H,3-4,6-7,10-11,14-15H2,1-2H3. The van der Waals surface area contributed by atoms with Crippen molar-refractivity contribution in [3.8, 4) is 0 Å². The highest BCUT2D eigenvalue weighted by Crippen LogP contribution is 2.21. The Morgan fingerprint density at radius 3 is 2.66 bits per heavy atom. The second kappa shape index (κ2) is 8.73. The fourth-order valence-electron chi connectivity index (χ4n) is 4.01. The normalized spacial score (nSPS) is 15.5. The fourth-order valence-corrected chi connectivity index (χ4v) is 4.01. The molecule has 0 spiro atoms. The first-order chi connectivity index (χ1) is 14.2. The Labute approximate surface area is 171 Å². The van der Waals surface area contributed by atoms with Crippen LogP contribution in [0.5, 0.6) is 0 Å². The van der Waals surface area contributed by atoms with Gasteiger partial charge in [-0.25, -0.2) is 9.50 Å². The van der Waals surface area contributed by atoms with E-state index in [0.29, 0.717) is 17.1 Å². The van der Waals surface area contributed by atoms with Gasteiger partial charge >= 0.3 is 0 Å². The molecule has 0 aliphatic carbocycles. The monoisotopic (exact) mass is 395 g/mol. The molecule has 0 aromatic carbocycles. The molecule has 0 atom stereocenters. The molecule has 0 radical (unpaired) electrons. The third-order valence-electron chi connectivity index (χ3n) is 5.85. The maximum absolute atomic E-state index is 13.1. The average Bonchev–Trinajstić information content (AvgIpc) is 3.41. The first kappa shape index (κ1) is 19.6. The summed E-state index contributed by atoms with van der Waals surface area (Å²) in [5.74, 6) is 0.588. The molecule has 0 saturated carbocycles. The summed E-state index contributed by atoms with van der Waals surface area (Å²) in [4.78, 5) is 21.9. The van der Waals surface area contributed by atoms with Crippen LogP contribution < -0.4 is 0 Å². The van der Waals surface area contributed by atoms with Crippen molar-refractivity contribution in [2.24, 2.45) is 5.92 Å². The summed E-state index contributed by atoms with van der Waals surface area (Å²) in [5, 5.41) is 8.68. The molecular weight excluding hydrogens is 366 g/mol. The van der Waals surface area contributed by atoms with E-state index in [1.165, 1.54) is 0 Å². The third kappa shape index (κ3) is 4.32. The number of carbonyl (C=O) groups is 1. The highest BCUT2D eigenvalue weighted by atomic mass is 16.2. The molecule has 4 rings (SSSR count). The molecule has 154 valence electrons. The van der Waals surface area contributed by atoms with E-state index in [1.54, 1.807) is 10.7 Å². The zero-order chi connectivity index (χ0) is 20.2. The summed E-state index contributed by atoms with van der Waals surface area (Å²) in [6, 6.07) is 1.95. The van der Waals surface area contributed by atoms with E-state index in [-0.39, 0.29) is 5.91 Å². The lowest BCUT2D eigenvalue weighted by Crippen LogP contribution is -2.39. The summed E-state index contributed by atoms with van der Waals surface area (Å²) < 4.78 is 3.71. The zero-order valence-electron chi connectivity index (χ0n) is 17.2. The number of likely N-dealkylation sites (tertiary alicyclic amines) is 1. The number of piperidine rings is 1. The van der Waals surface area contributed by atoms with E-state index in [9.17, 15) is 4.79 Å². The maximum atomic E-state index is 13.1. The molecule has 1 saturated heterocycles. The minimum atomic E-state index is 0.0292. The lowest BCUT2D eigenvalue weighted by atomic mass is 9.96. The number of aromatic nitrogens is 5. The van der Waals surface area contributed by atoms with Gasteiger partial charge in [-0.1, -0.05) is 13.8 Å². The van der Waals surface area contributed by atoms with E-state index in [4.69, 9.17) is 0 Å². The number of rotatable bonds is 7. The topological polar surface area (TPSA) is 71.6 Å². The van der Waals surface area contributed by atoms with E-state index < -0.39 is 0 Å². The van der Waals surface area contributed by atoms with Crippen LogP contribution in [0.2, 0.25) is 0 Å². The van der Waals surface area contributed by atoms with E-state index >= 15 is 0 Å². The van der Waals surface area contributed by atoms with Crippen LogP contribution in [0.25, 0.3) is 5.65 Å². The number of hydrogen-bond donors (Lipinski definition) is 0. The van der Waals surface area contributed by atoms with Crippen LogP contribution in [0.1, 0.15) is 42.6 Å². The molecule has 8 heteroatoms. The summed E-state index contributed by atoms with van der Waals surface area (Å²) in [6.07, 6.45) is 11.3. The molecule has 4 heterocycles. The molecule has 1 fully saturated rings.